The summed E-state index contributed by atoms with van der Waals surface area (Å²) in [5, 5.41) is 14.6. The fraction of sp³-hybridized carbons (Fsp3) is 0.375. The number of aliphatic imine (C=N–C) groups is 1. The number of carboxylic acid groups (broad SMARTS) is 1. The summed E-state index contributed by atoms with van der Waals surface area (Å²) in [6.07, 6.45) is -4.23. The minimum absolute atomic E-state index is 0.179. The predicted octanol–water partition coefficient (Wildman–Crippen LogP) is 4.21. The zero-order valence-electron chi connectivity index (χ0n) is 21.0. The fourth-order valence-electron chi connectivity index (χ4n) is 3.95. The van der Waals surface area contributed by atoms with E-state index in [2.05, 4.69) is 20.1 Å². The van der Waals surface area contributed by atoms with Crippen molar-refractivity contribution >= 4 is 17.9 Å². The van der Waals surface area contributed by atoms with Crippen molar-refractivity contribution in [1.29, 1.82) is 0 Å². The van der Waals surface area contributed by atoms with E-state index >= 15 is 0 Å². The van der Waals surface area contributed by atoms with Crippen LogP contribution in [0.15, 0.2) is 46.2 Å². The van der Waals surface area contributed by atoms with E-state index < -0.39 is 42.2 Å². The molecule has 2 N–H and O–H groups in total. The molecule has 0 radical (unpaired) electrons. The van der Waals surface area contributed by atoms with E-state index in [0.717, 1.165) is 6.07 Å². The van der Waals surface area contributed by atoms with Crippen LogP contribution >= 0.6 is 0 Å². The third-order valence-corrected chi connectivity index (χ3v) is 6.02. The maximum atomic E-state index is 15.0. The third-order valence-electron chi connectivity index (χ3n) is 6.02. The second-order valence-corrected chi connectivity index (χ2v) is 8.90. The summed E-state index contributed by atoms with van der Waals surface area (Å²) in [4.78, 5) is 24.9. The van der Waals surface area contributed by atoms with E-state index in [0.29, 0.717) is 30.4 Å². The number of nitrogens with zero attached hydrogens (tertiary/aromatic N) is 5. The first-order valence-electron chi connectivity index (χ1n) is 11.5. The van der Waals surface area contributed by atoms with Crippen molar-refractivity contribution < 1.29 is 41.5 Å². The number of hydrogen-bond acceptors (Lipinski definition) is 9. The maximum Gasteiger partial charge on any atom is 0.412 e. The van der Waals surface area contributed by atoms with Gasteiger partial charge in [0.1, 0.15) is 28.6 Å². The molecule has 0 saturated heterocycles. The Bertz CT molecular complexity index is 1360. The van der Waals surface area contributed by atoms with Crippen molar-refractivity contribution in [1.82, 2.24) is 20.4 Å². The average molecular weight is 552 g/mol. The minimum Gasteiger partial charge on any atom is -0.465 e. The molecule has 0 saturated carbocycles. The van der Waals surface area contributed by atoms with Gasteiger partial charge in [-0.1, -0.05) is 5.16 Å². The number of rotatable bonds is 7. The summed E-state index contributed by atoms with van der Waals surface area (Å²) in [5.41, 5.74) is -1.16. The van der Waals surface area contributed by atoms with Crippen molar-refractivity contribution in [3.63, 3.8) is 0 Å². The zero-order valence-corrected chi connectivity index (χ0v) is 21.0. The Morgan fingerprint density at radius 3 is 2.67 bits per heavy atom. The first-order valence-corrected chi connectivity index (χ1v) is 11.5. The number of amides is 1. The number of methoxy groups -OCH3 is 1. The van der Waals surface area contributed by atoms with Crippen LogP contribution in [0.25, 0.3) is 22.7 Å². The Hall–Kier alpha value is -4.27. The predicted molar refractivity (Wildman–Crippen MR) is 130 cm³/mol. The molecule has 11 nitrogen and oxygen atoms in total. The lowest BCUT2D eigenvalue weighted by molar-refractivity contribution is -0.164. The molecule has 3 aromatic rings. The summed E-state index contributed by atoms with van der Waals surface area (Å²) >= 11 is 0. The molecule has 2 aromatic heterocycles. The molecule has 0 unspecified atom stereocenters. The van der Waals surface area contributed by atoms with Gasteiger partial charge in [0, 0.05) is 44.3 Å². The lowest BCUT2D eigenvalue weighted by atomic mass is 9.86. The summed E-state index contributed by atoms with van der Waals surface area (Å²) in [5.74, 6) is -0.0721. The molecule has 1 amide bonds. The lowest BCUT2D eigenvalue weighted by Gasteiger charge is -2.38. The van der Waals surface area contributed by atoms with E-state index in [4.69, 9.17) is 19.1 Å². The van der Waals surface area contributed by atoms with Crippen LogP contribution in [0.3, 0.4) is 0 Å². The monoisotopic (exact) mass is 552 g/mol. The number of likely N-dealkylation sites (N-methyl/N-ethyl adjacent to an activating group) is 1. The highest BCUT2D eigenvalue weighted by molar-refractivity contribution is 5.90. The number of anilines is 1. The Labute approximate surface area is 219 Å². The van der Waals surface area contributed by atoms with Crippen LogP contribution in [-0.2, 0) is 15.1 Å². The molecule has 0 aliphatic carbocycles. The molecule has 0 spiro atoms. The number of hydrogen-bond donors (Lipinski definition) is 2. The number of benzene rings is 1. The highest BCUT2D eigenvalue weighted by Gasteiger charge is 2.50. The van der Waals surface area contributed by atoms with E-state index in [9.17, 15) is 22.4 Å². The summed E-state index contributed by atoms with van der Waals surface area (Å²) < 4.78 is 71.6. The van der Waals surface area contributed by atoms with E-state index in [1.807, 2.05) is 11.9 Å². The van der Waals surface area contributed by atoms with Crippen LogP contribution in [0.4, 0.5) is 28.2 Å². The van der Waals surface area contributed by atoms with Gasteiger partial charge in [0.05, 0.1) is 19.0 Å². The largest absolute Gasteiger partial charge is 0.465 e. The molecule has 3 heterocycles. The normalized spacial score (nSPS) is 19.3. The van der Waals surface area contributed by atoms with Crippen molar-refractivity contribution in [2.45, 2.75) is 31.2 Å². The second-order valence-electron chi connectivity index (χ2n) is 8.90. The molecule has 208 valence electrons. The van der Waals surface area contributed by atoms with Gasteiger partial charge in [0.25, 0.3) is 6.02 Å². The van der Waals surface area contributed by atoms with Gasteiger partial charge in [-0.25, -0.2) is 29.5 Å². The Morgan fingerprint density at radius 2 is 2.03 bits per heavy atom. The number of amidine groups is 1. The molecule has 2 atom stereocenters. The average Bonchev–Trinajstić information content (AvgIpc) is 3.36. The van der Waals surface area contributed by atoms with E-state index in [1.165, 1.54) is 31.3 Å². The molecule has 39 heavy (non-hydrogen) atoms. The number of carbonyl (C=O) groups is 1. The molecule has 4 rings (SSSR count). The van der Waals surface area contributed by atoms with Gasteiger partial charge in [-0.2, -0.15) is 13.2 Å². The van der Waals surface area contributed by atoms with Crippen LogP contribution in [0.1, 0.15) is 18.9 Å². The topological polar surface area (TPSA) is 135 Å². The highest BCUT2D eigenvalue weighted by Crippen LogP contribution is 2.42. The van der Waals surface area contributed by atoms with Gasteiger partial charge < -0.3 is 24.0 Å². The van der Waals surface area contributed by atoms with Crippen LogP contribution in [0.5, 0.6) is 0 Å². The van der Waals surface area contributed by atoms with Gasteiger partial charge in [-0.3, -0.25) is 0 Å². The Kier molecular flexibility index (Phi) is 7.72. The standard InChI is InChI=1S/C24H24F4N6O5/c1-23(10-19(24(26,27)28)31-21(38-23)32-22(35)36)14-8-13(4-5-15(14)25)18-9-16(33-39-18)17-11-30-20(12-29-17)34(2)6-7-37-3/h4-5,8-9,11-12,19H,6-7,10H2,1-3H3,(H,31,32)(H,35,36)/t19-,23-/m0/s1. The molecule has 15 heteroatoms. The second kappa shape index (κ2) is 10.8. The summed E-state index contributed by atoms with van der Waals surface area (Å²) in [7, 11) is 3.43. The van der Waals surface area contributed by atoms with Crippen molar-refractivity contribution in [3.8, 4) is 22.7 Å². The van der Waals surface area contributed by atoms with Crippen LogP contribution in [0, 0.1) is 5.82 Å². The third kappa shape index (κ3) is 6.25. The first-order chi connectivity index (χ1) is 18.4. The molecule has 1 aliphatic rings. The van der Waals surface area contributed by atoms with Gasteiger partial charge in [-0.15, -0.1) is 0 Å². The molecular formula is C24H24F4N6O5. The first kappa shape index (κ1) is 27.8. The van der Waals surface area contributed by atoms with E-state index in [1.54, 1.807) is 18.6 Å². The number of aromatic nitrogens is 3. The van der Waals surface area contributed by atoms with Crippen molar-refractivity contribution in [2.24, 2.45) is 4.99 Å². The summed E-state index contributed by atoms with van der Waals surface area (Å²) in [6.45, 7) is 2.34. The quantitative estimate of drug-likeness (QED) is 0.413. The zero-order chi connectivity index (χ0) is 28.4. The number of halogens is 4. The van der Waals surface area contributed by atoms with Gasteiger partial charge in [0.15, 0.2) is 11.8 Å². The molecule has 1 aromatic carbocycles. The van der Waals surface area contributed by atoms with Gasteiger partial charge in [-0.05, 0) is 25.1 Å². The maximum absolute atomic E-state index is 15.0. The minimum atomic E-state index is -4.82. The molecule has 1 aliphatic heterocycles. The SMILES string of the molecule is COCCN(C)c1cnc(-c2cc(-c3ccc(F)c([C@]4(C)C[C@@H](C(F)(F)F)N=C(NC(=O)O)O4)c3)on2)cn1. The number of ether oxygens (including phenoxy) is 2. The highest BCUT2D eigenvalue weighted by atomic mass is 19.4. The number of alkyl halides is 3. The molecule has 0 fully saturated rings. The van der Waals surface area contributed by atoms with Crippen LogP contribution in [0.2, 0.25) is 0 Å². The Morgan fingerprint density at radius 1 is 1.26 bits per heavy atom. The fourth-order valence-corrected chi connectivity index (χ4v) is 3.95. The van der Waals surface area contributed by atoms with Gasteiger partial charge >= 0.3 is 12.3 Å². The molecular weight excluding hydrogens is 528 g/mol. The van der Waals surface area contributed by atoms with Crippen molar-refractivity contribution in [2.75, 3.05) is 32.2 Å². The van der Waals surface area contributed by atoms with E-state index in [-0.39, 0.29) is 16.9 Å². The Balaban J connectivity index is 1.62. The lowest BCUT2D eigenvalue weighted by Crippen LogP contribution is -2.48. The smallest absolute Gasteiger partial charge is 0.412 e. The van der Waals surface area contributed by atoms with Crippen LogP contribution < -0.4 is 10.2 Å². The van der Waals surface area contributed by atoms with Crippen LogP contribution in [-0.4, -0.2) is 71.9 Å². The number of nitrogens with one attached hydrogen (secondary N) is 1. The summed E-state index contributed by atoms with van der Waals surface area (Å²) in [6, 6.07) is 1.98. The van der Waals surface area contributed by atoms with Crippen molar-refractivity contribution in [3.05, 3.63) is 48.0 Å². The molecule has 0 bridgehead atoms. The van der Waals surface area contributed by atoms with Gasteiger partial charge in [0.2, 0.25) is 0 Å².